The van der Waals surface area contributed by atoms with Crippen LogP contribution in [0.15, 0.2) is 11.1 Å². The fourth-order valence-electron chi connectivity index (χ4n) is 4.62. The summed E-state index contributed by atoms with van der Waals surface area (Å²) >= 11 is 0. The van der Waals surface area contributed by atoms with E-state index in [1.165, 1.54) is 57.8 Å². The second kappa shape index (κ2) is 5.77. The number of allylic oxidation sites excluding steroid dienone is 2. The maximum Gasteiger partial charge on any atom is 0.00496 e. The summed E-state index contributed by atoms with van der Waals surface area (Å²) in [5.41, 5.74) is 10.3. The van der Waals surface area contributed by atoms with Gasteiger partial charge in [0.25, 0.3) is 0 Å². The molecule has 3 atom stereocenters. The van der Waals surface area contributed by atoms with Gasteiger partial charge in [-0.15, -0.1) is 0 Å². The molecule has 2 rings (SSSR count). The molecule has 0 radical (unpaired) electrons. The summed E-state index contributed by atoms with van der Waals surface area (Å²) in [5, 5.41) is 0. The smallest absolute Gasteiger partial charge is 0.00496 e. The van der Waals surface area contributed by atoms with E-state index in [0.717, 1.165) is 5.92 Å². The van der Waals surface area contributed by atoms with E-state index in [4.69, 9.17) is 5.73 Å². The molecule has 1 heteroatoms. The highest BCUT2D eigenvalue weighted by Crippen LogP contribution is 2.48. The van der Waals surface area contributed by atoms with Crippen molar-refractivity contribution in [2.75, 3.05) is 0 Å². The number of hydrogen-bond donors (Lipinski definition) is 1. The molecule has 2 aliphatic carbocycles. The quantitative estimate of drug-likeness (QED) is 0.698. The zero-order valence-corrected chi connectivity index (χ0v) is 12.6. The van der Waals surface area contributed by atoms with Crippen LogP contribution in [0.3, 0.4) is 0 Å². The van der Waals surface area contributed by atoms with E-state index in [9.17, 15) is 0 Å². The first kappa shape index (κ1) is 14.1. The van der Waals surface area contributed by atoms with Crippen molar-refractivity contribution < 1.29 is 0 Å². The molecule has 0 heterocycles. The first-order valence-electron chi connectivity index (χ1n) is 8.02. The summed E-state index contributed by atoms with van der Waals surface area (Å²) in [4.78, 5) is 0. The van der Waals surface area contributed by atoms with Crippen molar-refractivity contribution in [1.82, 2.24) is 0 Å². The highest BCUT2D eigenvalue weighted by atomic mass is 14.7. The molecule has 18 heavy (non-hydrogen) atoms. The monoisotopic (exact) mass is 249 g/mol. The average molecular weight is 249 g/mol. The van der Waals surface area contributed by atoms with Gasteiger partial charge in [0, 0.05) is 6.04 Å². The molecule has 3 unspecified atom stereocenters. The van der Waals surface area contributed by atoms with Crippen LogP contribution in [0.5, 0.6) is 0 Å². The Morgan fingerprint density at radius 3 is 2.56 bits per heavy atom. The SMILES string of the molecule is CCC1=C(C2(C)CC(C)CC(N)C2)CCCCC1. The summed E-state index contributed by atoms with van der Waals surface area (Å²) in [6, 6.07) is 0.424. The lowest BCUT2D eigenvalue weighted by atomic mass is 9.63. The van der Waals surface area contributed by atoms with Gasteiger partial charge in [-0.1, -0.05) is 38.3 Å². The van der Waals surface area contributed by atoms with Crippen molar-refractivity contribution in [3.8, 4) is 0 Å². The standard InChI is InChI=1S/C17H31N/c1-4-14-8-6-5-7-9-16(14)17(3)11-13(2)10-15(18)12-17/h13,15H,4-12,18H2,1-3H3. The molecule has 0 aromatic carbocycles. The summed E-state index contributed by atoms with van der Waals surface area (Å²) in [7, 11) is 0. The average Bonchev–Trinajstić information content (AvgIpc) is 2.52. The van der Waals surface area contributed by atoms with Gasteiger partial charge in [0.2, 0.25) is 0 Å². The third kappa shape index (κ3) is 2.99. The topological polar surface area (TPSA) is 26.0 Å². The second-order valence-corrected chi connectivity index (χ2v) is 7.07. The molecule has 0 aliphatic heterocycles. The molecule has 0 aromatic heterocycles. The van der Waals surface area contributed by atoms with E-state index in [2.05, 4.69) is 20.8 Å². The summed E-state index contributed by atoms with van der Waals surface area (Å²) in [6.07, 6.45) is 12.0. The molecular formula is C17H31N. The van der Waals surface area contributed by atoms with Gasteiger partial charge >= 0.3 is 0 Å². The molecule has 0 saturated heterocycles. The van der Waals surface area contributed by atoms with Gasteiger partial charge in [0.1, 0.15) is 0 Å². The van der Waals surface area contributed by atoms with E-state index >= 15 is 0 Å². The number of nitrogens with two attached hydrogens (primary N) is 1. The van der Waals surface area contributed by atoms with Crippen LogP contribution in [0, 0.1) is 11.3 Å². The van der Waals surface area contributed by atoms with Crippen LogP contribution in [0.1, 0.15) is 78.6 Å². The predicted molar refractivity (Wildman–Crippen MR) is 79.5 cm³/mol. The van der Waals surface area contributed by atoms with Crippen LogP contribution in [0.2, 0.25) is 0 Å². The summed E-state index contributed by atoms with van der Waals surface area (Å²) in [6.45, 7) is 7.23. The molecular weight excluding hydrogens is 218 g/mol. The first-order chi connectivity index (χ1) is 8.55. The maximum atomic E-state index is 6.31. The number of rotatable bonds is 2. The van der Waals surface area contributed by atoms with Crippen LogP contribution in [-0.2, 0) is 0 Å². The van der Waals surface area contributed by atoms with Crippen molar-refractivity contribution in [2.24, 2.45) is 17.1 Å². The molecule has 104 valence electrons. The Morgan fingerprint density at radius 1 is 1.17 bits per heavy atom. The summed E-state index contributed by atoms with van der Waals surface area (Å²) in [5.74, 6) is 0.799. The van der Waals surface area contributed by atoms with E-state index in [1.54, 1.807) is 5.57 Å². The van der Waals surface area contributed by atoms with Gasteiger partial charge in [-0.2, -0.15) is 0 Å². The Bertz CT molecular complexity index is 306. The zero-order valence-electron chi connectivity index (χ0n) is 12.6. The Balaban J connectivity index is 2.27. The Morgan fingerprint density at radius 2 is 1.89 bits per heavy atom. The molecule has 1 fully saturated rings. The van der Waals surface area contributed by atoms with E-state index in [-0.39, 0.29) is 0 Å². The van der Waals surface area contributed by atoms with Gasteiger partial charge in [-0.05, 0) is 62.7 Å². The van der Waals surface area contributed by atoms with Crippen LogP contribution in [-0.4, -0.2) is 6.04 Å². The van der Waals surface area contributed by atoms with E-state index < -0.39 is 0 Å². The third-order valence-corrected chi connectivity index (χ3v) is 5.20. The molecule has 0 aromatic rings. The van der Waals surface area contributed by atoms with Crippen molar-refractivity contribution in [3.05, 3.63) is 11.1 Å². The van der Waals surface area contributed by atoms with Crippen LogP contribution in [0.25, 0.3) is 0 Å². The lowest BCUT2D eigenvalue weighted by Crippen LogP contribution is -2.39. The number of hydrogen-bond acceptors (Lipinski definition) is 1. The minimum atomic E-state index is 0.409. The lowest BCUT2D eigenvalue weighted by molar-refractivity contribution is 0.181. The molecule has 1 saturated carbocycles. The highest BCUT2D eigenvalue weighted by molar-refractivity contribution is 5.24. The van der Waals surface area contributed by atoms with Crippen molar-refractivity contribution >= 4 is 0 Å². The van der Waals surface area contributed by atoms with Gasteiger partial charge < -0.3 is 5.73 Å². The normalized spacial score (nSPS) is 38.7. The molecule has 0 bridgehead atoms. The van der Waals surface area contributed by atoms with Gasteiger partial charge in [0.05, 0.1) is 0 Å². The van der Waals surface area contributed by atoms with Crippen molar-refractivity contribution in [1.29, 1.82) is 0 Å². The fraction of sp³-hybridized carbons (Fsp3) is 0.882. The Kier molecular flexibility index (Phi) is 4.53. The van der Waals surface area contributed by atoms with Crippen LogP contribution >= 0.6 is 0 Å². The van der Waals surface area contributed by atoms with Crippen LogP contribution in [0.4, 0.5) is 0 Å². The van der Waals surface area contributed by atoms with Gasteiger partial charge in [-0.3, -0.25) is 0 Å². The minimum absolute atomic E-state index is 0.409. The Labute approximate surface area is 113 Å². The first-order valence-corrected chi connectivity index (χ1v) is 8.02. The van der Waals surface area contributed by atoms with Gasteiger partial charge in [0.15, 0.2) is 0 Å². The fourth-order valence-corrected chi connectivity index (χ4v) is 4.62. The molecule has 0 spiro atoms. The van der Waals surface area contributed by atoms with E-state index in [1.807, 2.05) is 5.57 Å². The molecule has 2 aliphatic rings. The van der Waals surface area contributed by atoms with Gasteiger partial charge in [-0.25, -0.2) is 0 Å². The van der Waals surface area contributed by atoms with Crippen molar-refractivity contribution in [2.45, 2.75) is 84.6 Å². The van der Waals surface area contributed by atoms with E-state index in [0.29, 0.717) is 11.5 Å². The minimum Gasteiger partial charge on any atom is -0.328 e. The molecule has 0 amide bonds. The largest absolute Gasteiger partial charge is 0.328 e. The van der Waals surface area contributed by atoms with Crippen LogP contribution < -0.4 is 5.73 Å². The van der Waals surface area contributed by atoms with Crippen molar-refractivity contribution in [3.63, 3.8) is 0 Å². The predicted octanol–water partition coefficient (Wildman–Crippen LogP) is 4.81. The molecule has 2 N–H and O–H groups in total. The zero-order chi connectivity index (χ0) is 13.2. The second-order valence-electron chi connectivity index (χ2n) is 7.07. The highest BCUT2D eigenvalue weighted by Gasteiger charge is 2.38. The maximum absolute atomic E-state index is 6.31. The third-order valence-electron chi connectivity index (χ3n) is 5.20. The lowest BCUT2D eigenvalue weighted by Gasteiger charge is -2.43. The summed E-state index contributed by atoms with van der Waals surface area (Å²) < 4.78 is 0. The Hall–Kier alpha value is -0.300. The molecule has 1 nitrogen and oxygen atoms in total.